The highest BCUT2D eigenvalue weighted by Crippen LogP contribution is 2.33. The van der Waals surface area contributed by atoms with Gasteiger partial charge in [0, 0.05) is 0 Å². The van der Waals surface area contributed by atoms with Crippen molar-refractivity contribution in [3.63, 3.8) is 0 Å². The summed E-state index contributed by atoms with van der Waals surface area (Å²) in [6.45, 7) is 9.21. The monoisotopic (exact) mass is 348 g/mol. The number of carboxylic acid groups (broad SMARTS) is 3. The number of hydrogen-bond acceptors (Lipinski definition) is 3. The van der Waals surface area contributed by atoms with Crippen molar-refractivity contribution in [2.75, 3.05) is 0 Å². The van der Waals surface area contributed by atoms with Gasteiger partial charge in [-0.3, -0.25) is 9.59 Å². The molecule has 0 aromatic heterocycles. The number of hydrogen-bond donors (Lipinski definition) is 3. The molecule has 0 spiro atoms. The summed E-state index contributed by atoms with van der Waals surface area (Å²) in [6.07, 6.45) is 1.28. The van der Waals surface area contributed by atoms with E-state index in [-0.39, 0.29) is 30.2 Å². The van der Waals surface area contributed by atoms with Crippen LogP contribution in [0.2, 0.25) is 0 Å². The standard InChI is InChI=1S/C19H24O6/c1-5-6-7-19(16(22)23,17(24)25)11-12-8-13(15(20)21)10-14(9-12)18(2,3)4/h5,8-10H,1,6-7,11H2,2-4H3,(H,20,21)(H,22,23)(H,24,25). The average Bonchev–Trinajstić information content (AvgIpc) is 2.49. The Kier molecular flexibility index (Phi) is 6.13. The fraction of sp³-hybridized carbons (Fsp3) is 0.421. The largest absolute Gasteiger partial charge is 0.480 e. The van der Waals surface area contributed by atoms with Crippen molar-refractivity contribution in [2.24, 2.45) is 5.41 Å². The van der Waals surface area contributed by atoms with Crippen molar-refractivity contribution in [3.8, 4) is 0 Å². The van der Waals surface area contributed by atoms with Crippen LogP contribution in [0.5, 0.6) is 0 Å². The second-order valence-corrected chi connectivity index (χ2v) is 7.17. The second-order valence-electron chi connectivity index (χ2n) is 7.17. The van der Waals surface area contributed by atoms with Crippen molar-refractivity contribution in [2.45, 2.75) is 45.4 Å². The van der Waals surface area contributed by atoms with Crippen molar-refractivity contribution in [1.29, 1.82) is 0 Å². The van der Waals surface area contributed by atoms with E-state index in [2.05, 4.69) is 6.58 Å². The Bertz CT molecular complexity index is 682. The molecule has 25 heavy (non-hydrogen) atoms. The molecule has 6 heteroatoms. The molecule has 1 rings (SSSR count). The Morgan fingerprint density at radius 3 is 2.00 bits per heavy atom. The van der Waals surface area contributed by atoms with Gasteiger partial charge in [-0.25, -0.2) is 4.79 Å². The van der Waals surface area contributed by atoms with Gasteiger partial charge in [-0.1, -0.05) is 32.9 Å². The lowest BCUT2D eigenvalue weighted by atomic mass is 9.76. The van der Waals surface area contributed by atoms with E-state index in [4.69, 9.17) is 0 Å². The lowest BCUT2D eigenvalue weighted by Gasteiger charge is -2.26. The van der Waals surface area contributed by atoms with Gasteiger partial charge in [0.25, 0.3) is 0 Å². The molecule has 6 nitrogen and oxygen atoms in total. The van der Waals surface area contributed by atoms with Crippen molar-refractivity contribution in [3.05, 3.63) is 47.5 Å². The normalized spacial score (nSPS) is 11.8. The minimum atomic E-state index is -2.03. The van der Waals surface area contributed by atoms with Crippen LogP contribution >= 0.6 is 0 Å². The summed E-state index contributed by atoms with van der Waals surface area (Å²) in [6, 6.07) is 4.55. The summed E-state index contributed by atoms with van der Waals surface area (Å²) in [5.74, 6) is -4.03. The van der Waals surface area contributed by atoms with Crippen LogP contribution in [0.15, 0.2) is 30.9 Å². The lowest BCUT2D eigenvalue weighted by Crippen LogP contribution is -2.41. The predicted octanol–water partition coefficient (Wildman–Crippen LogP) is 3.35. The van der Waals surface area contributed by atoms with Crippen molar-refractivity contribution < 1.29 is 29.7 Å². The van der Waals surface area contributed by atoms with E-state index >= 15 is 0 Å². The topological polar surface area (TPSA) is 112 Å². The Morgan fingerprint density at radius 1 is 1.04 bits per heavy atom. The highest BCUT2D eigenvalue weighted by Gasteiger charge is 2.46. The summed E-state index contributed by atoms with van der Waals surface area (Å²) in [4.78, 5) is 34.9. The Hall–Kier alpha value is -2.63. The first-order valence-electron chi connectivity index (χ1n) is 7.89. The summed E-state index contributed by atoms with van der Waals surface area (Å²) in [5.41, 5.74) is -1.30. The molecule has 0 unspecified atom stereocenters. The van der Waals surface area contributed by atoms with E-state index in [9.17, 15) is 29.7 Å². The van der Waals surface area contributed by atoms with E-state index in [0.717, 1.165) is 0 Å². The first kappa shape index (κ1) is 20.4. The second kappa shape index (κ2) is 7.51. The molecule has 0 saturated carbocycles. The number of aliphatic carboxylic acids is 2. The number of carboxylic acids is 3. The van der Waals surface area contributed by atoms with Crippen LogP contribution < -0.4 is 0 Å². The molecule has 1 aromatic rings. The zero-order valence-electron chi connectivity index (χ0n) is 14.7. The van der Waals surface area contributed by atoms with Crippen LogP contribution in [-0.4, -0.2) is 33.2 Å². The number of aromatic carboxylic acids is 1. The van der Waals surface area contributed by atoms with Gasteiger partial charge in [0.05, 0.1) is 5.56 Å². The van der Waals surface area contributed by atoms with E-state index in [1.165, 1.54) is 18.2 Å². The number of carbonyl (C=O) groups is 3. The maximum atomic E-state index is 11.7. The van der Waals surface area contributed by atoms with E-state index in [1.807, 2.05) is 20.8 Å². The quantitative estimate of drug-likeness (QED) is 0.491. The smallest absolute Gasteiger partial charge is 0.335 e. The molecule has 0 bridgehead atoms. The zero-order valence-corrected chi connectivity index (χ0v) is 14.7. The summed E-state index contributed by atoms with van der Waals surface area (Å²) < 4.78 is 0. The predicted molar refractivity (Wildman–Crippen MR) is 92.9 cm³/mol. The number of rotatable bonds is 8. The summed E-state index contributed by atoms with van der Waals surface area (Å²) in [7, 11) is 0. The van der Waals surface area contributed by atoms with Gasteiger partial charge in [-0.15, -0.1) is 6.58 Å². The SMILES string of the molecule is C=CCCC(Cc1cc(C(=O)O)cc(C(C)(C)C)c1)(C(=O)O)C(=O)O. The van der Waals surface area contributed by atoms with Gasteiger partial charge < -0.3 is 15.3 Å². The first-order chi connectivity index (χ1) is 11.4. The minimum Gasteiger partial charge on any atom is -0.480 e. The molecule has 0 amide bonds. The maximum absolute atomic E-state index is 11.7. The van der Waals surface area contributed by atoms with Crippen molar-refractivity contribution in [1.82, 2.24) is 0 Å². The molecule has 0 fully saturated rings. The van der Waals surface area contributed by atoms with Gasteiger partial charge in [-0.05, 0) is 47.9 Å². The molecule has 136 valence electrons. The fourth-order valence-corrected chi connectivity index (χ4v) is 2.59. The van der Waals surface area contributed by atoms with Gasteiger partial charge in [-0.2, -0.15) is 0 Å². The van der Waals surface area contributed by atoms with Crippen LogP contribution in [0.4, 0.5) is 0 Å². The fourth-order valence-electron chi connectivity index (χ4n) is 2.59. The summed E-state index contributed by atoms with van der Waals surface area (Å²) >= 11 is 0. The average molecular weight is 348 g/mol. The Balaban J connectivity index is 3.48. The van der Waals surface area contributed by atoms with Gasteiger partial charge in [0.1, 0.15) is 0 Å². The third-order valence-corrected chi connectivity index (χ3v) is 4.21. The molecule has 0 heterocycles. The van der Waals surface area contributed by atoms with Gasteiger partial charge in [0.15, 0.2) is 5.41 Å². The lowest BCUT2D eigenvalue weighted by molar-refractivity contribution is -0.165. The third kappa shape index (κ3) is 4.68. The molecule has 0 saturated heterocycles. The Morgan fingerprint density at radius 2 is 1.60 bits per heavy atom. The minimum absolute atomic E-state index is 0.0100. The number of benzene rings is 1. The number of allylic oxidation sites excluding steroid dienone is 1. The van der Waals surface area contributed by atoms with E-state index in [1.54, 1.807) is 6.07 Å². The molecule has 1 aromatic carbocycles. The summed E-state index contributed by atoms with van der Waals surface area (Å²) in [5, 5.41) is 28.4. The van der Waals surface area contributed by atoms with E-state index in [0.29, 0.717) is 11.1 Å². The molecule has 3 N–H and O–H groups in total. The molecule has 0 aliphatic rings. The third-order valence-electron chi connectivity index (χ3n) is 4.21. The van der Waals surface area contributed by atoms with Crippen LogP contribution in [-0.2, 0) is 21.4 Å². The van der Waals surface area contributed by atoms with Crippen LogP contribution in [0.25, 0.3) is 0 Å². The van der Waals surface area contributed by atoms with Gasteiger partial charge in [0.2, 0.25) is 0 Å². The van der Waals surface area contributed by atoms with Gasteiger partial charge >= 0.3 is 17.9 Å². The van der Waals surface area contributed by atoms with Crippen LogP contribution in [0, 0.1) is 5.41 Å². The van der Waals surface area contributed by atoms with E-state index < -0.39 is 23.3 Å². The first-order valence-corrected chi connectivity index (χ1v) is 7.89. The molecule has 0 aliphatic carbocycles. The molecular formula is C19H24O6. The Labute approximate surface area is 146 Å². The van der Waals surface area contributed by atoms with Crippen LogP contribution in [0.1, 0.15) is 55.1 Å². The molecule has 0 radical (unpaired) electrons. The molecule has 0 aliphatic heterocycles. The zero-order chi connectivity index (χ0) is 19.4. The molecular weight excluding hydrogens is 324 g/mol. The molecule has 0 atom stereocenters. The highest BCUT2D eigenvalue weighted by atomic mass is 16.4. The van der Waals surface area contributed by atoms with Crippen molar-refractivity contribution >= 4 is 17.9 Å². The van der Waals surface area contributed by atoms with Crippen LogP contribution in [0.3, 0.4) is 0 Å². The highest BCUT2D eigenvalue weighted by molar-refractivity contribution is 5.98. The maximum Gasteiger partial charge on any atom is 0.335 e.